The third kappa shape index (κ3) is 15.3. The molecular weight excluding hydrogens is 296 g/mol. The molecule has 0 aliphatic heterocycles. The van der Waals surface area contributed by atoms with E-state index in [1.807, 2.05) is 6.92 Å². The molecule has 23 heavy (non-hydrogen) atoms. The molecule has 0 bridgehead atoms. The zero-order valence-electron chi connectivity index (χ0n) is 14.5. The number of rotatable bonds is 16. The Bertz CT molecular complexity index is 387. The van der Waals surface area contributed by atoms with Crippen LogP contribution in [0.3, 0.4) is 0 Å². The van der Waals surface area contributed by atoms with Crippen molar-refractivity contribution in [2.24, 2.45) is 0 Å². The molecule has 0 rings (SSSR count). The van der Waals surface area contributed by atoms with E-state index in [9.17, 15) is 19.2 Å². The SMILES string of the molecule is CCCOCCCC(=O)CCC(=O)CCCC(=O)CCC(C)=O. The average molecular weight is 326 g/mol. The van der Waals surface area contributed by atoms with Crippen LogP contribution in [0.25, 0.3) is 0 Å². The summed E-state index contributed by atoms with van der Waals surface area (Å²) in [6, 6.07) is 0. The molecule has 0 amide bonds. The molecule has 0 aliphatic rings. The van der Waals surface area contributed by atoms with Crippen LogP contribution in [0.15, 0.2) is 0 Å². The molecule has 0 radical (unpaired) electrons. The number of ketones is 4. The third-order valence-corrected chi connectivity index (χ3v) is 3.44. The fraction of sp³-hybridized carbons (Fsp3) is 0.778. The van der Waals surface area contributed by atoms with Crippen LogP contribution >= 0.6 is 0 Å². The van der Waals surface area contributed by atoms with Gasteiger partial charge in [-0.1, -0.05) is 6.92 Å². The number of carbonyl (C=O) groups is 4. The molecule has 5 heteroatoms. The smallest absolute Gasteiger partial charge is 0.133 e. The van der Waals surface area contributed by atoms with Crippen LogP contribution in [0.5, 0.6) is 0 Å². The molecule has 132 valence electrons. The summed E-state index contributed by atoms with van der Waals surface area (Å²) in [6.07, 6.45) is 4.40. The number of Topliss-reactive ketones (excluding diaryl/α,β-unsaturated/α-hetero) is 4. The van der Waals surface area contributed by atoms with Crippen LogP contribution in [0, 0.1) is 0 Å². The van der Waals surface area contributed by atoms with Gasteiger partial charge in [0.25, 0.3) is 0 Å². The summed E-state index contributed by atoms with van der Waals surface area (Å²) < 4.78 is 5.30. The number of carbonyl (C=O) groups excluding carboxylic acids is 4. The van der Waals surface area contributed by atoms with E-state index in [-0.39, 0.29) is 48.8 Å². The molecular formula is C18H30O5. The Hall–Kier alpha value is -1.36. The van der Waals surface area contributed by atoms with Gasteiger partial charge in [-0.15, -0.1) is 0 Å². The minimum absolute atomic E-state index is 0.00744. The Morgan fingerprint density at radius 3 is 1.61 bits per heavy atom. The number of hydrogen-bond acceptors (Lipinski definition) is 5. The van der Waals surface area contributed by atoms with Gasteiger partial charge in [0.1, 0.15) is 23.1 Å². The van der Waals surface area contributed by atoms with Gasteiger partial charge in [0.15, 0.2) is 0 Å². The Morgan fingerprint density at radius 1 is 0.652 bits per heavy atom. The normalized spacial score (nSPS) is 10.5. The van der Waals surface area contributed by atoms with Crippen molar-refractivity contribution in [2.75, 3.05) is 13.2 Å². The lowest BCUT2D eigenvalue weighted by Gasteiger charge is -2.03. The van der Waals surface area contributed by atoms with Crippen molar-refractivity contribution in [1.29, 1.82) is 0 Å². The molecule has 0 aromatic carbocycles. The lowest BCUT2D eigenvalue weighted by Crippen LogP contribution is -2.07. The molecule has 0 heterocycles. The maximum atomic E-state index is 11.7. The largest absolute Gasteiger partial charge is 0.381 e. The highest BCUT2D eigenvalue weighted by atomic mass is 16.5. The Morgan fingerprint density at radius 2 is 1.13 bits per heavy atom. The maximum absolute atomic E-state index is 11.7. The minimum Gasteiger partial charge on any atom is -0.381 e. The first-order valence-corrected chi connectivity index (χ1v) is 8.58. The summed E-state index contributed by atoms with van der Waals surface area (Å²) in [5.41, 5.74) is 0. The highest BCUT2D eigenvalue weighted by Gasteiger charge is 2.09. The monoisotopic (exact) mass is 326 g/mol. The van der Waals surface area contributed by atoms with E-state index in [1.165, 1.54) is 6.92 Å². The molecule has 0 aromatic rings. The quantitative estimate of drug-likeness (QED) is 0.407. The van der Waals surface area contributed by atoms with E-state index in [1.54, 1.807) is 0 Å². The van der Waals surface area contributed by atoms with Crippen LogP contribution in [0.2, 0.25) is 0 Å². The fourth-order valence-electron chi connectivity index (χ4n) is 2.07. The summed E-state index contributed by atoms with van der Waals surface area (Å²) in [5.74, 6) is 0.153. The van der Waals surface area contributed by atoms with Crippen molar-refractivity contribution >= 4 is 23.1 Å². The molecule has 5 nitrogen and oxygen atoms in total. The highest BCUT2D eigenvalue weighted by Crippen LogP contribution is 2.07. The minimum atomic E-state index is 0.00744. The van der Waals surface area contributed by atoms with Crippen LogP contribution < -0.4 is 0 Å². The van der Waals surface area contributed by atoms with E-state index in [2.05, 4.69) is 0 Å². The van der Waals surface area contributed by atoms with Crippen molar-refractivity contribution in [3.8, 4) is 0 Å². The van der Waals surface area contributed by atoms with Gasteiger partial charge in [-0.05, 0) is 26.2 Å². The van der Waals surface area contributed by atoms with Crippen LogP contribution in [-0.2, 0) is 23.9 Å². The van der Waals surface area contributed by atoms with Gasteiger partial charge < -0.3 is 9.53 Å². The second-order valence-corrected chi connectivity index (χ2v) is 5.89. The van der Waals surface area contributed by atoms with Crippen LogP contribution in [0.4, 0.5) is 0 Å². The summed E-state index contributed by atoms with van der Waals surface area (Å²) >= 11 is 0. The summed E-state index contributed by atoms with van der Waals surface area (Å²) in [7, 11) is 0. The molecule has 0 aromatic heterocycles. The molecule has 0 N–H and O–H groups in total. The lowest BCUT2D eigenvalue weighted by molar-refractivity contribution is -0.125. The average Bonchev–Trinajstić information content (AvgIpc) is 2.50. The van der Waals surface area contributed by atoms with Crippen molar-refractivity contribution < 1.29 is 23.9 Å². The summed E-state index contributed by atoms with van der Waals surface area (Å²) in [4.78, 5) is 45.5. The second kappa shape index (κ2) is 14.2. The lowest BCUT2D eigenvalue weighted by atomic mass is 10.0. The molecule has 0 unspecified atom stereocenters. The Balaban J connectivity index is 3.57. The number of ether oxygens (including phenoxy) is 1. The number of hydrogen-bond donors (Lipinski definition) is 0. The first-order chi connectivity index (χ1) is 11.0. The summed E-state index contributed by atoms with van der Waals surface area (Å²) in [5, 5.41) is 0. The first kappa shape index (κ1) is 21.6. The van der Waals surface area contributed by atoms with Gasteiger partial charge in [-0.25, -0.2) is 0 Å². The molecule has 0 fully saturated rings. The molecule has 0 saturated carbocycles. The first-order valence-electron chi connectivity index (χ1n) is 8.58. The highest BCUT2D eigenvalue weighted by molar-refractivity contribution is 5.87. The van der Waals surface area contributed by atoms with Crippen molar-refractivity contribution in [3.05, 3.63) is 0 Å². The zero-order valence-corrected chi connectivity index (χ0v) is 14.5. The topological polar surface area (TPSA) is 77.5 Å². The second-order valence-electron chi connectivity index (χ2n) is 5.89. The van der Waals surface area contributed by atoms with E-state index >= 15 is 0 Å². The van der Waals surface area contributed by atoms with Gasteiger partial charge in [0.2, 0.25) is 0 Å². The van der Waals surface area contributed by atoms with E-state index in [0.29, 0.717) is 38.7 Å². The van der Waals surface area contributed by atoms with E-state index in [4.69, 9.17) is 4.74 Å². The molecule has 0 spiro atoms. The summed E-state index contributed by atoms with van der Waals surface area (Å²) in [6.45, 7) is 4.81. The molecule has 0 aliphatic carbocycles. The Labute approximate surface area is 139 Å². The van der Waals surface area contributed by atoms with Crippen LogP contribution in [0.1, 0.15) is 78.1 Å². The molecule has 0 atom stereocenters. The van der Waals surface area contributed by atoms with Crippen molar-refractivity contribution in [2.45, 2.75) is 78.1 Å². The third-order valence-electron chi connectivity index (χ3n) is 3.44. The molecule has 0 saturated heterocycles. The van der Waals surface area contributed by atoms with Gasteiger partial charge in [-0.3, -0.25) is 14.4 Å². The van der Waals surface area contributed by atoms with Crippen molar-refractivity contribution in [3.63, 3.8) is 0 Å². The standard InChI is InChI=1S/C18H30O5/c1-3-13-23-14-5-8-18(22)12-11-17(21)7-4-6-16(20)10-9-15(2)19/h3-14H2,1-2H3. The van der Waals surface area contributed by atoms with Gasteiger partial charge in [-0.2, -0.15) is 0 Å². The maximum Gasteiger partial charge on any atom is 0.133 e. The van der Waals surface area contributed by atoms with Crippen LogP contribution in [-0.4, -0.2) is 36.3 Å². The predicted molar refractivity (Wildman–Crippen MR) is 88.4 cm³/mol. The zero-order chi connectivity index (χ0) is 17.5. The van der Waals surface area contributed by atoms with Crippen molar-refractivity contribution in [1.82, 2.24) is 0 Å². The van der Waals surface area contributed by atoms with E-state index < -0.39 is 0 Å². The van der Waals surface area contributed by atoms with Gasteiger partial charge in [0, 0.05) is 58.2 Å². The van der Waals surface area contributed by atoms with Gasteiger partial charge >= 0.3 is 0 Å². The predicted octanol–water partition coefficient (Wildman–Crippen LogP) is 3.22. The Kier molecular flexibility index (Phi) is 13.4. The van der Waals surface area contributed by atoms with E-state index in [0.717, 1.165) is 13.0 Å². The fourth-order valence-corrected chi connectivity index (χ4v) is 2.07. The van der Waals surface area contributed by atoms with Gasteiger partial charge in [0.05, 0.1) is 0 Å².